The fraction of sp³-hybridized carbons (Fsp3) is 0.833. The van der Waals surface area contributed by atoms with E-state index in [2.05, 4.69) is 6.92 Å². The van der Waals surface area contributed by atoms with Gasteiger partial charge in [-0.15, -0.1) is 0 Å². The Balaban J connectivity index is 2.70. The third-order valence-corrected chi connectivity index (χ3v) is 2.93. The normalized spacial score (nSPS) is 24.3. The standard InChI is InChI=1S/C12H21NO4/c1-4-16-11(14)10-8-9(3)6-7-13(10)12(15)17-5-2/h9-10H,4-8H2,1-3H3. The second kappa shape index (κ2) is 6.47. The van der Waals surface area contributed by atoms with Crippen molar-refractivity contribution >= 4 is 12.1 Å². The van der Waals surface area contributed by atoms with Gasteiger partial charge in [0.25, 0.3) is 0 Å². The number of amides is 1. The highest BCUT2D eigenvalue weighted by Crippen LogP contribution is 2.24. The highest BCUT2D eigenvalue weighted by atomic mass is 16.6. The van der Waals surface area contributed by atoms with Crippen molar-refractivity contribution in [3.8, 4) is 0 Å². The molecular formula is C12H21NO4. The summed E-state index contributed by atoms with van der Waals surface area (Å²) < 4.78 is 9.95. The summed E-state index contributed by atoms with van der Waals surface area (Å²) in [7, 11) is 0. The van der Waals surface area contributed by atoms with E-state index in [-0.39, 0.29) is 5.97 Å². The largest absolute Gasteiger partial charge is 0.464 e. The molecule has 1 heterocycles. The molecule has 1 aliphatic heterocycles. The van der Waals surface area contributed by atoms with Crippen LogP contribution in [-0.2, 0) is 14.3 Å². The van der Waals surface area contributed by atoms with Crippen LogP contribution in [0.3, 0.4) is 0 Å². The number of hydrogen-bond acceptors (Lipinski definition) is 4. The molecule has 17 heavy (non-hydrogen) atoms. The van der Waals surface area contributed by atoms with E-state index in [9.17, 15) is 9.59 Å². The summed E-state index contributed by atoms with van der Waals surface area (Å²) in [6, 6.07) is -0.488. The van der Waals surface area contributed by atoms with E-state index in [1.165, 1.54) is 4.90 Å². The van der Waals surface area contributed by atoms with Gasteiger partial charge < -0.3 is 9.47 Å². The minimum atomic E-state index is -0.488. The van der Waals surface area contributed by atoms with Crippen LogP contribution in [0.2, 0.25) is 0 Å². The van der Waals surface area contributed by atoms with E-state index < -0.39 is 12.1 Å². The average molecular weight is 243 g/mol. The first-order valence-corrected chi connectivity index (χ1v) is 6.20. The second-order valence-corrected chi connectivity index (χ2v) is 4.29. The third kappa shape index (κ3) is 3.61. The lowest BCUT2D eigenvalue weighted by atomic mass is 9.93. The SMILES string of the molecule is CCOC(=O)C1CC(C)CCN1C(=O)OCC. The maximum atomic E-state index is 11.8. The lowest BCUT2D eigenvalue weighted by Gasteiger charge is -2.35. The summed E-state index contributed by atoms with van der Waals surface area (Å²) in [6.45, 7) is 6.81. The summed E-state index contributed by atoms with van der Waals surface area (Å²) in [4.78, 5) is 25.0. The lowest BCUT2D eigenvalue weighted by Crippen LogP contribution is -2.50. The van der Waals surface area contributed by atoms with Gasteiger partial charge in [0.05, 0.1) is 13.2 Å². The molecule has 5 heteroatoms. The van der Waals surface area contributed by atoms with E-state index in [4.69, 9.17) is 9.47 Å². The number of ether oxygens (including phenoxy) is 2. The zero-order valence-corrected chi connectivity index (χ0v) is 10.8. The lowest BCUT2D eigenvalue weighted by molar-refractivity contribution is -0.150. The van der Waals surface area contributed by atoms with Crippen LogP contribution < -0.4 is 0 Å². The zero-order valence-electron chi connectivity index (χ0n) is 10.8. The van der Waals surface area contributed by atoms with Crippen molar-refractivity contribution in [2.75, 3.05) is 19.8 Å². The molecule has 0 spiro atoms. The van der Waals surface area contributed by atoms with Crippen molar-refractivity contribution in [1.29, 1.82) is 0 Å². The zero-order chi connectivity index (χ0) is 12.8. The van der Waals surface area contributed by atoms with E-state index in [1.54, 1.807) is 13.8 Å². The first-order chi connectivity index (χ1) is 8.10. The number of carbonyl (C=O) groups is 2. The van der Waals surface area contributed by atoms with E-state index in [1.807, 2.05) is 0 Å². The Morgan fingerprint density at radius 1 is 1.24 bits per heavy atom. The van der Waals surface area contributed by atoms with Crippen LogP contribution >= 0.6 is 0 Å². The minimum Gasteiger partial charge on any atom is -0.464 e. The summed E-state index contributed by atoms with van der Waals surface area (Å²) in [5, 5.41) is 0. The number of hydrogen-bond donors (Lipinski definition) is 0. The molecule has 1 saturated heterocycles. The Kier molecular flexibility index (Phi) is 5.25. The van der Waals surface area contributed by atoms with Crippen LogP contribution in [0.1, 0.15) is 33.6 Å². The molecule has 0 saturated carbocycles. The molecular weight excluding hydrogens is 222 g/mol. The molecule has 2 atom stereocenters. The maximum Gasteiger partial charge on any atom is 0.410 e. The molecule has 0 bridgehead atoms. The molecule has 5 nitrogen and oxygen atoms in total. The number of nitrogens with zero attached hydrogens (tertiary/aromatic N) is 1. The molecule has 1 aliphatic rings. The Labute approximate surface area is 102 Å². The summed E-state index contributed by atoms with van der Waals surface area (Å²) in [5.41, 5.74) is 0. The van der Waals surface area contributed by atoms with Gasteiger partial charge in [0.2, 0.25) is 0 Å². The Morgan fingerprint density at radius 2 is 1.88 bits per heavy atom. The van der Waals surface area contributed by atoms with Gasteiger partial charge in [-0.2, -0.15) is 0 Å². The van der Waals surface area contributed by atoms with Crippen molar-refractivity contribution in [2.24, 2.45) is 5.92 Å². The number of carbonyl (C=O) groups excluding carboxylic acids is 2. The number of likely N-dealkylation sites (tertiary alicyclic amines) is 1. The Hall–Kier alpha value is -1.26. The van der Waals surface area contributed by atoms with Crippen molar-refractivity contribution in [2.45, 2.75) is 39.7 Å². The molecule has 98 valence electrons. The molecule has 2 unspecified atom stereocenters. The first kappa shape index (κ1) is 13.8. The van der Waals surface area contributed by atoms with Crippen molar-refractivity contribution in [3.05, 3.63) is 0 Å². The number of piperidine rings is 1. The monoisotopic (exact) mass is 243 g/mol. The minimum absolute atomic E-state index is 0.320. The van der Waals surface area contributed by atoms with Gasteiger partial charge in [-0.3, -0.25) is 4.90 Å². The molecule has 1 amide bonds. The second-order valence-electron chi connectivity index (χ2n) is 4.29. The van der Waals surface area contributed by atoms with E-state index >= 15 is 0 Å². The van der Waals surface area contributed by atoms with Crippen LogP contribution in [0.4, 0.5) is 4.79 Å². The van der Waals surface area contributed by atoms with Gasteiger partial charge in [-0.05, 0) is 32.6 Å². The van der Waals surface area contributed by atoms with Crippen LogP contribution in [0.15, 0.2) is 0 Å². The summed E-state index contributed by atoms with van der Waals surface area (Å²) in [5.74, 6) is 0.0992. The van der Waals surface area contributed by atoms with Crippen molar-refractivity contribution in [3.63, 3.8) is 0 Å². The van der Waals surface area contributed by atoms with Crippen LogP contribution in [0, 0.1) is 5.92 Å². The van der Waals surface area contributed by atoms with Gasteiger partial charge in [-0.1, -0.05) is 6.92 Å². The average Bonchev–Trinajstić information content (AvgIpc) is 2.29. The van der Waals surface area contributed by atoms with Gasteiger partial charge in [0.1, 0.15) is 6.04 Å². The van der Waals surface area contributed by atoms with E-state index in [0.29, 0.717) is 32.1 Å². The van der Waals surface area contributed by atoms with Gasteiger partial charge >= 0.3 is 12.1 Å². The highest BCUT2D eigenvalue weighted by Gasteiger charge is 2.36. The van der Waals surface area contributed by atoms with Crippen molar-refractivity contribution in [1.82, 2.24) is 4.90 Å². The molecule has 0 aromatic carbocycles. The molecule has 0 aromatic rings. The number of esters is 1. The summed E-state index contributed by atoms with van der Waals surface area (Å²) in [6.07, 6.45) is 1.13. The smallest absolute Gasteiger partial charge is 0.410 e. The molecule has 1 rings (SSSR count). The quantitative estimate of drug-likeness (QED) is 0.709. The number of rotatable bonds is 3. The van der Waals surface area contributed by atoms with Crippen LogP contribution in [-0.4, -0.2) is 42.8 Å². The molecule has 0 N–H and O–H groups in total. The molecule has 0 aliphatic carbocycles. The summed E-state index contributed by atoms with van der Waals surface area (Å²) >= 11 is 0. The molecule has 0 aromatic heterocycles. The molecule has 0 radical (unpaired) electrons. The topological polar surface area (TPSA) is 55.8 Å². The fourth-order valence-electron chi connectivity index (χ4n) is 2.03. The third-order valence-electron chi connectivity index (χ3n) is 2.93. The predicted molar refractivity (Wildman–Crippen MR) is 62.5 cm³/mol. The molecule has 1 fully saturated rings. The first-order valence-electron chi connectivity index (χ1n) is 6.20. The van der Waals surface area contributed by atoms with Gasteiger partial charge in [0, 0.05) is 6.54 Å². The van der Waals surface area contributed by atoms with E-state index in [0.717, 1.165) is 6.42 Å². The predicted octanol–water partition coefficient (Wildman–Crippen LogP) is 1.81. The van der Waals surface area contributed by atoms with Gasteiger partial charge in [-0.25, -0.2) is 9.59 Å². The van der Waals surface area contributed by atoms with Gasteiger partial charge in [0.15, 0.2) is 0 Å². The van der Waals surface area contributed by atoms with Crippen molar-refractivity contribution < 1.29 is 19.1 Å². The Morgan fingerprint density at radius 3 is 2.47 bits per heavy atom. The van der Waals surface area contributed by atoms with Crippen LogP contribution in [0.25, 0.3) is 0 Å². The highest BCUT2D eigenvalue weighted by molar-refractivity contribution is 5.81. The maximum absolute atomic E-state index is 11.8. The Bertz CT molecular complexity index is 280. The fourth-order valence-corrected chi connectivity index (χ4v) is 2.03. The van der Waals surface area contributed by atoms with Crippen LogP contribution in [0.5, 0.6) is 0 Å².